The first-order valence-electron chi connectivity index (χ1n) is 7.42. The second-order valence-electron chi connectivity index (χ2n) is 5.65. The average Bonchev–Trinajstić information content (AvgIpc) is 2.99. The minimum absolute atomic E-state index is 0. The fourth-order valence-corrected chi connectivity index (χ4v) is 2.88. The number of halogens is 2. The van der Waals surface area contributed by atoms with Crippen molar-refractivity contribution < 1.29 is 9.72 Å². The van der Waals surface area contributed by atoms with E-state index in [9.17, 15) is 14.9 Å². The maximum atomic E-state index is 12.7. The highest BCUT2D eigenvalue weighted by molar-refractivity contribution is 6.31. The van der Waals surface area contributed by atoms with Gasteiger partial charge in [0.05, 0.1) is 4.92 Å². The number of rotatable bonds is 4. The number of fused-ring (bicyclic) bond motifs is 1. The molecule has 2 heterocycles. The molecular formula is C15H17Cl2N5O3. The van der Waals surface area contributed by atoms with Crippen molar-refractivity contribution in [3.8, 4) is 0 Å². The van der Waals surface area contributed by atoms with Crippen LogP contribution >= 0.6 is 24.0 Å². The van der Waals surface area contributed by atoms with E-state index in [0.717, 1.165) is 24.2 Å². The van der Waals surface area contributed by atoms with Crippen LogP contribution in [0.2, 0.25) is 5.02 Å². The zero-order valence-electron chi connectivity index (χ0n) is 13.4. The number of amides is 1. The maximum Gasteiger partial charge on any atom is 0.274 e. The van der Waals surface area contributed by atoms with E-state index in [4.69, 9.17) is 11.6 Å². The normalized spacial score (nSPS) is 12.9. The van der Waals surface area contributed by atoms with Gasteiger partial charge in [-0.3, -0.25) is 20.0 Å². The molecule has 0 saturated carbocycles. The molecule has 1 aromatic carbocycles. The fourth-order valence-electron chi connectivity index (χ4n) is 2.71. The van der Waals surface area contributed by atoms with Gasteiger partial charge in [0.1, 0.15) is 0 Å². The molecule has 2 aromatic rings. The Labute approximate surface area is 155 Å². The number of non-ortho nitro benzene ring substituents is 1. The van der Waals surface area contributed by atoms with Crippen molar-refractivity contribution in [2.75, 3.05) is 13.6 Å². The summed E-state index contributed by atoms with van der Waals surface area (Å²) in [4.78, 5) is 24.5. The minimum Gasteiger partial charge on any atom is -0.336 e. The predicted molar refractivity (Wildman–Crippen MR) is 95.2 cm³/mol. The van der Waals surface area contributed by atoms with Crippen LogP contribution in [0.4, 0.5) is 5.69 Å². The molecule has 0 atom stereocenters. The van der Waals surface area contributed by atoms with Crippen LogP contribution in [0, 0.1) is 10.1 Å². The van der Waals surface area contributed by atoms with E-state index in [0.29, 0.717) is 22.8 Å². The molecule has 134 valence electrons. The number of carbonyl (C=O) groups excluding carboxylic acids is 1. The van der Waals surface area contributed by atoms with Gasteiger partial charge in [0.25, 0.3) is 11.6 Å². The first-order valence-corrected chi connectivity index (χ1v) is 7.80. The molecule has 1 aromatic heterocycles. The first-order chi connectivity index (χ1) is 11.5. The quantitative estimate of drug-likeness (QED) is 0.620. The van der Waals surface area contributed by atoms with Gasteiger partial charge in [-0.05, 0) is 11.6 Å². The number of hydrogen-bond acceptors (Lipinski definition) is 5. The highest BCUT2D eigenvalue weighted by atomic mass is 35.5. The number of benzene rings is 1. The lowest BCUT2D eigenvalue weighted by atomic mass is 10.1. The summed E-state index contributed by atoms with van der Waals surface area (Å²) in [5.41, 5.74) is 2.68. The average molecular weight is 386 g/mol. The Morgan fingerprint density at radius 2 is 2.24 bits per heavy atom. The molecule has 1 amide bonds. The third-order valence-electron chi connectivity index (χ3n) is 4.00. The van der Waals surface area contributed by atoms with Crippen LogP contribution in [0.15, 0.2) is 18.2 Å². The van der Waals surface area contributed by atoms with Crippen LogP contribution in [0.1, 0.15) is 27.3 Å². The number of nitro benzene ring substituents is 1. The summed E-state index contributed by atoms with van der Waals surface area (Å²) in [6, 6.07) is 4.19. The Balaban J connectivity index is 0.00000225. The van der Waals surface area contributed by atoms with Crippen LogP contribution in [-0.2, 0) is 19.5 Å². The molecule has 0 saturated heterocycles. The molecule has 3 rings (SSSR count). The zero-order chi connectivity index (χ0) is 17.3. The number of aromatic amines is 1. The SMILES string of the molecule is CN(Cc1cc([N+](=O)[O-])ccc1Cl)C(=O)c1n[nH]c2c1CNCC2.Cl. The highest BCUT2D eigenvalue weighted by Crippen LogP contribution is 2.24. The molecule has 25 heavy (non-hydrogen) atoms. The molecule has 10 heteroatoms. The minimum atomic E-state index is -0.489. The van der Waals surface area contributed by atoms with Crippen molar-refractivity contribution in [2.24, 2.45) is 0 Å². The number of carbonyl (C=O) groups is 1. The molecule has 0 aliphatic carbocycles. The molecule has 0 fully saturated rings. The number of nitro groups is 1. The van der Waals surface area contributed by atoms with Crippen molar-refractivity contribution >= 4 is 35.6 Å². The lowest BCUT2D eigenvalue weighted by Gasteiger charge is -2.19. The van der Waals surface area contributed by atoms with Gasteiger partial charge in [-0.2, -0.15) is 5.10 Å². The van der Waals surface area contributed by atoms with E-state index in [1.807, 2.05) is 0 Å². The molecule has 8 nitrogen and oxygen atoms in total. The van der Waals surface area contributed by atoms with Gasteiger partial charge in [-0.15, -0.1) is 12.4 Å². The van der Waals surface area contributed by atoms with Crippen molar-refractivity contribution in [3.05, 3.63) is 55.9 Å². The summed E-state index contributed by atoms with van der Waals surface area (Å²) in [6.07, 6.45) is 0.802. The van der Waals surface area contributed by atoms with Gasteiger partial charge in [0.15, 0.2) is 5.69 Å². The summed E-state index contributed by atoms with van der Waals surface area (Å²) < 4.78 is 0. The molecule has 2 N–H and O–H groups in total. The molecule has 0 unspecified atom stereocenters. The van der Waals surface area contributed by atoms with Crippen LogP contribution in [0.5, 0.6) is 0 Å². The standard InChI is InChI=1S/C15H16ClN5O3.ClH/c1-20(8-9-6-10(21(23)24)2-3-12(9)16)15(22)14-11-7-17-5-4-13(11)18-19-14;/h2-3,6,17H,4-5,7-8H2,1H3,(H,18,19);1H. The second kappa shape index (κ2) is 7.81. The fraction of sp³-hybridized carbons (Fsp3) is 0.333. The topological polar surface area (TPSA) is 104 Å². The number of nitrogens with zero attached hydrogens (tertiary/aromatic N) is 3. The van der Waals surface area contributed by atoms with Gasteiger partial charge in [-0.1, -0.05) is 11.6 Å². The van der Waals surface area contributed by atoms with Gasteiger partial charge >= 0.3 is 0 Å². The lowest BCUT2D eigenvalue weighted by Crippen LogP contribution is -2.30. The third kappa shape index (κ3) is 3.92. The predicted octanol–water partition coefficient (Wildman–Crippen LogP) is 2.31. The van der Waals surface area contributed by atoms with E-state index in [-0.39, 0.29) is 30.5 Å². The van der Waals surface area contributed by atoms with Crippen molar-refractivity contribution in [2.45, 2.75) is 19.5 Å². The Morgan fingerprint density at radius 3 is 2.96 bits per heavy atom. The number of H-pyrrole nitrogens is 1. The maximum absolute atomic E-state index is 12.7. The molecule has 1 aliphatic heterocycles. The van der Waals surface area contributed by atoms with E-state index in [1.54, 1.807) is 7.05 Å². The summed E-state index contributed by atoms with van der Waals surface area (Å²) >= 11 is 6.10. The van der Waals surface area contributed by atoms with Crippen molar-refractivity contribution in [1.29, 1.82) is 0 Å². The Morgan fingerprint density at radius 1 is 1.48 bits per heavy atom. The Hall–Kier alpha value is -2.16. The van der Waals surface area contributed by atoms with Crippen LogP contribution in [-0.4, -0.2) is 39.5 Å². The van der Waals surface area contributed by atoms with Gasteiger partial charge in [-0.25, -0.2) is 0 Å². The van der Waals surface area contributed by atoms with Crippen LogP contribution in [0.3, 0.4) is 0 Å². The van der Waals surface area contributed by atoms with Crippen LogP contribution in [0.25, 0.3) is 0 Å². The van der Waals surface area contributed by atoms with Gasteiger partial charge < -0.3 is 10.2 Å². The number of aromatic nitrogens is 2. The highest BCUT2D eigenvalue weighted by Gasteiger charge is 2.24. The summed E-state index contributed by atoms with van der Waals surface area (Å²) in [6.45, 7) is 1.61. The second-order valence-corrected chi connectivity index (χ2v) is 6.06. The molecular weight excluding hydrogens is 369 g/mol. The number of nitrogens with one attached hydrogen (secondary N) is 2. The van der Waals surface area contributed by atoms with Crippen LogP contribution < -0.4 is 5.32 Å². The van der Waals surface area contributed by atoms with E-state index >= 15 is 0 Å². The summed E-state index contributed by atoms with van der Waals surface area (Å²) in [5.74, 6) is -0.251. The zero-order valence-corrected chi connectivity index (χ0v) is 15.0. The Bertz CT molecular complexity index is 808. The van der Waals surface area contributed by atoms with E-state index in [2.05, 4.69) is 15.5 Å². The molecule has 1 aliphatic rings. The molecule has 0 spiro atoms. The number of hydrogen-bond donors (Lipinski definition) is 2. The summed E-state index contributed by atoms with van der Waals surface area (Å²) in [5, 5.41) is 21.5. The Kier molecular flexibility index (Phi) is 5.99. The van der Waals surface area contributed by atoms with E-state index < -0.39 is 4.92 Å². The molecule has 0 bridgehead atoms. The van der Waals surface area contributed by atoms with Gasteiger partial charge in [0.2, 0.25) is 0 Å². The van der Waals surface area contributed by atoms with Crippen molar-refractivity contribution in [3.63, 3.8) is 0 Å². The van der Waals surface area contributed by atoms with Crippen molar-refractivity contribution in [1.82, 2.24) is 20.4 Å². The van der Waals surface area contributed by atoms with E-state index in [1.165, 1.54) is 23.1 Å². The smallest absolute Gasteiger partial charge is 0.274 e. The monoisotopic (exact) mass is 385 g/mol. The third-order valence-corrected chi connectivity index (χ3v) is 4.37. The first kappa shape index (κ1) is 19.2. The summed E-state index contributed by atoms with van der Waals surface area (Å²) in [7, 11) is 1.62. The molecule has 0 radical (unpaired) electrons. The lowest BCUT2D eigenvalue weighted by molar-refractivity contribution is -0.384. The van der Waals surface area contributed by atoms with Gasteiger partial charge in [0, 0.05) is 61.5 Å². The largest absolute Gasteiger partial charge is 0.336 e.